The van der Waals surface area contributed by atoms with Crippen LogP contribution in [-0.4, -0.2) is 45.2 Å². The number of nitrogens with one attached hydrogen (secondary N) is 1. The van der Waals surface area contributed by atoms with Gasteiger partial charge in [-0.1, -0.05) is 54.6 Å². The molecule has 3 aromatic carbocycles. The summed E-state index contributed by atoms with van der Waals surface area (Å²) in [6.45, 7) is 0. The molecule has 0 unspecified atom stereocenters. The number of benzene rings is 3. The van der Waals surface area contributed by atoms with Crippen LogP contribution in [-0.2, 0) is 0 Å². The summed E-state index contributed by atoms with van der Waals surface area (Å²) >= 11 is 0. The molecule has 0 fully saturated rings. The highest BCUT2D eigenvalue weighted by atomic mass is 16.4. The van der Waals surface area contributed by atoms with Gasteiger partial charge in [0, 0.05) is 16.6 Å². The van der Waals surface area contributed by atoms with Crippen LogP contribution in [0.5, 0.6) is 0 Å². The van der Waals surface area contributed by atoms with Crippen molar-refractivity contribution >= 4 is 47.7 Å². The summed E-state index contributed by atoms with van der Waals surface area (Å²) in [6.07, 6.45) is 0. The van der Waals surface area contributed by atoms with E-state index in [9.17, 15) is 24.9 Å². The Balaban J connectivity index is 1.71. The van der Waals surface area contributed by atoms with Crippen molar-refractivity contribution in [2.24, 2.45) is 0 Å². The van der Waals surface area contributed by atoms with E-state index in [4.69, 9.17) is 0 Å². The fourth-order valence-corrected chi connectivity index (χ4v) is 3.27. The summed E-state index contributed by atoms with van der Waals surface area (Å²) < 4.78 is 0. The first-order chi connectivity index (χ1) is 14.9. The lowest BCUT2D eigenvalue weighted by molar-refractivity contribution is 0.102. The average Bonchev–Trinajstić information content (AvgIpc) is 2.78. The summed E-state index contributed by atoms with van der Waals surface area (Å²) in [4.78, 5) is 17.7. The summed E-state index contributed by atoms with van der Waals surface area (Å²) in [6, 6.07) is 21.8. The molecule has 5 N–H and O–H groups in total. The zero-order valence-electron chi connectivity index (χ0n) is 16.3. The number of hydrogen-bond acceptors (Lipinski definition) is 6. The van der Waals surface area contributed by atoms with Gasteiger partial charge in [0.2, 0.25) is 0 Å². The van der Waals surface area contributed by atoms with Crippen molar-refractivity contribution in [2.75, 3.05) is 5.32 Å². The second-order valence-electron chi connectivity index (χ2n) is 7.02. The van der Waals surface area contributed by atoms with E-state index in [2.05, 4.69) is 10.3 Å². The number of aromatic nitrogens is 1. The van der Waals surface area contributed by atoms with E-state index in [-0.39, 0.29) is 5.91 Å². The fraction of sp³-hybridized carbons (Fsp3) is 0. The van der Waals surface area contributed by atoms with Crippen LogP contribution >= 0.6 is 0 Å². The van der Waals surface area contributed by atoms with Crippen LogP contribution in [0.1, 0.15) is 10.4 Å². The number of carbonyl (C=O) groups excluding carboxylic acids is 1. The Morgan fingerprint density at radius 1 is 0.774 bits per heavy atom. The van der Waals surface area contributed by atoms with Gasteiger partial charge in [-0.2, -0.15) is 0 Å². The van der Waals surface area contributed by atoms with Crippen LogP contribution in [0, 0.1) is 0 Å². The first-order valence-electron chi connectivity index (χ1n) is 9.56. The number of para-hydroxylation sites is 1. The zero-order chi connectivity index (χ0) is 22.0. The van der Waals surface area contributed by atoms with Crippen LogP contribution in [0.3, 0.4) is 0 Å². The topological polar surface area (TPSA) is 123 Å². The summed E-state index contributed by atoms with van der Waals surface area (Å²) in [5, 5.41) is 40.5. The van der Waals surface area contributed by atoms with Crippen molar-refractivity contribution in [3.8, 4) is 11.3 Å². The third kappa shape index (κ3) is 4.50. The van der Waals surface area contributed by atoms with Gasteiger partial charge in [-0.3, -0.25) is 4.79 Å². The van der Waals surface area contributed by atoms with Gasteiger partial charge in [0.1, 0.15) is 0 Å². The number of amides is 1. The Labute approximate surface area is 178 Å². The lowest BCUT2D eigenvalue weighted by Crippen LogP contribution is -2.29. The molecule has 7 nitrogen and oxygen atoms in total. The number of anilines is 1. The van der Waals surface area contributed by atoms with Crippen LogP contribution in [0.2, 0.25) is 0 Å². The molecule has 0 spiro atoms. The van der Waals surface area contributed by atoms with E-state index in [1.807, 2.05) is 24.3 Å². The van der Waals surface area contributed by atoms with Crippen molar-refractivity contribution < 1.29 is 24.9 Å². The number of nitrogens with zero attached hydrogens (tertiary/aromatic N) is 1. The maximum absolute atomic E-state index is 13.1. The Hall–Kier alpha value is -3.49. The van der Waals surface area contributed by atoms with Crippen molar-refractivity contribution in [1.29, 1.82) is 0 Å². The maximum atomic E-state index is 13.1. The molecule has 0 aliphatic carbocycles. The number of pyridine rings is 1. The van der Waals surface area contributed by atoms with Gasteiger partial charge in [-0.25, -0.2) is 4.98 Å². The van der Waals surface area contributed by atoms with Crippen molar-refractivity contribution in [1.82, 2.24) is 4.98 Å². The minimum Gasteiger partial charge on any atom is -0.423 e. The number of fused-ring (bicyclic) bond motifs is 1. The third-order valence-corrected chi connectivity index (χ3v) is 4.93. The highest BCUT2D eigenvalue weighted by Gasteiger charge is 2.16. The molecule has 31 heavy (non-hydrogen) atoms. The van der Waals surface area contributed by atoms with Crippen molar-refractivity contribution in [3.05, 3.63) is 84.4 Å². The predicted molar refractivity (Wildman–Crippen MR) is 121 cm³/mol. The van der Waals surface area contributed by atoms with Crippen LogP contribution < -0.4 is 16.2 Å². The Kier molecular flexibility index (Phi) is 5.83. The third-order valence-electron chi connectivity index (χ3n) is 4.93. The van der Waals surface area contributed by atoms with E-state index < -0.39 is 14.2 Å². The standard InChI is InChI=1S/C22H18B2N2O5/c27-22(25-17-11-9-16(10-12-17)24(30)31)19-13-21(26-20-4-2-1-3-18(19)20)14-5-7-15(8-6-14)23(28)29/h1-13,28-31H,(H,25,27). The average molecular weight is 412 g/mol. The molecule has 152 valence electrons. The highest BCUT2D eigenvalue weighted by molar-refractivity contribution is 6.59. The Bertz CT molecular complexity index is 1230. The smallest absolute Gasteiger partial charge is 0.423 e. The SMILES string of the molecule is O=C(Nc1ccc(B(O)O)cc1)c1cc(-c2ccc(B(O)O)cc2)nc2ccccc12. The molecule has 4 aromatic rings. The molecule has 1 heterocycles. The molecule has 1 aromatic heterocycles. The van der Waals surface area contributed by atoms with E-state index >= 15 is 0 Å². The number of hydrogen-bond donors (Lipinski definition) is 5. The lowest BCUT2D eigenvalue weighted by atomic mass is 9.80. The fourth-order valence-electron chi connectivity index (χ4n) is 3.27. The summed E-state index contributed by atoms with van der Waals surface area (Å²) in [5.41, 5.74) is 3.57. The zero-order valence-corrected chi connectivity index (χ0v) is 16.3. The minimum atomic E-state index is -1.57. The number of rotatable bonds is 5. The van der Waals surface area contributed by atoms with Gasteiger partial charge in [0.05, 0.1) is 16.8 Å². The summed E-state index contributed by atoms with van der Waals surface area (Å²) in [7, 11) is -3.13. The summed E-state index contributed by atoms with van der Waals surface area (Å²) in [5.74, 6) is -0.334. The van der Waals surface area contributed by atoms with Gasteiger partial charge < -0.3 is 25.4 Å². The minimum absolute atomic E-state index is 0.325. The van der Waals surface area contributed by atoms with Crippen LogP contribution in [0.4, 0.5) is 5.69 Å². The van der Waals surface area contributed by atoms with E-state index in [1.54, 1.807) is 42.5 Å². The van der Waals surface area contributed by atoms with Gasteiger partial charge in [0.15, 0.2) is 0 Å². The first kappa shape index (κ1) is 20.8. The predicted octanol–water partition coefficient (Wildman–Crippen LogP) is 0.514. The van der Waals surface area contributed by atoms with E-state index in [0.717, 1.165) is 5.56 Å². The lowest BCUT2D eigenvalue weighted by Gasteiger charge is -2.11. The first-order valence-corrected chi connectivity index (χ1v) is 9.56. The molecular weight excluding hydrogens is 394 g/mol. The Morgan fingerprint density at radius 3 is 1.97 bits per heavy atom. The second-order valence-corrected chi connectivity index (χ2v) is 7.02. The van der Waals surface area contributed by atoms with E-state index in [1.165, 1.54) is 12.1 Å². The normalized spacial score (nSPS) is 10.7. The molecule has 0 radical (unpaired) electrons. The molecule has 0 aliphatic heterocycles. The van der Waals surface area contributed by atoms with Crippen molar-refractivity contribution in [2.45, 2.75) is 0 Å². The highest BCUT2D eigenvalue weighted by Crippen LogP contribution is 2.25. The Morgan fingerprint density at radius 2 is 1.35 bits per heavy atom. The monoisotopic (exact) mass is 412 g/mol. The van der Waals surface area contributed by atoms with Gasteiger partial charge >= 0.3 is 14.2 Å². The largest absolute Gasteiger partial charge is 0.488 e. The molecular formula is C22H18B2N2O5. The maximum Gasteiger partial charge on any atom is 0.488 e. The molecule has 0 atom stereocenters. The van der Waals surface area contributed by atoms with Gasteiger partial charge in [-0.05, 0) is 35.2 Å². The molecule has 9 heteroatoms. The molecule has 1 amide bonds. The quantitative estimate of drug-likeness (QED) is 0.305. The van der Waals surface area contributed by atoms with Crippen molar-refractivity contribution in [3.63, 3.8) is 0 Å². The van der Waals surface area contributed by atoms with Gasteiger partial charge in [0.25, 0.3) is 5.91 Å². The van der Waals surface area contributed by atoms with Crippen LogP contribution in [0.25, 0.3) is 22.2 Å². The molecule has 0 aliphatic rings. The molecule has 4 rings (SSSR count). The second kappa shape index (κ2) is 8.71. The number of carbonyl (C=O) groups is 1. The molecule has 0 bridgehead atoms. The molecule has 0 saturated heterocycles. The van der Waals surface area contributed by atoms with Gasteiger partial charge in [-0.15, -0.1) is 0 Å². The van der Waals surface area contributed by atoms with E-state index in [0.29, 0.717) is 38.8 Å². The molecule has 0 saturated carbocycles. The van der Waals surface area contributed by atoms with Crippen LogP contribution in [0.15, 0.2) is 78.9 Å².